The number of carbonyl (C=O) groups is 1. The lowest BCUT2D eigenvalue weighted by molar-refractivity contribution is -0.163. The molecule has 0 bridgehead atoms. The minimum Gasteiger partial charge on any atom is -0.497 e. The van der Waals surface area contributed by atoms with Crippen LogP contribution < -0.4 is 10.1 Å². The molecule has 0 saturated carbocycles. The number of nitrogens with one attached hydrogen (secondary N) is 1. The molecule has 1 amide bonds. The van der Waals surface area contributed by atoms with Crippen molar-refractivity contribution in [3.63, 3.8) is 0 Å². The molecule has 37 heavy (non-hydrogen) atoms. The van der Waals surface area contributed by atoms with E-state index in [4.69, 9.17) is 9.47 Å². The summed E-state index contributed by atoms with van der Waals surface area (Å²) in [6.45, 7) is 3.15. The Bertz CT molecular complexity index is 1060. The first-order chi connectivity index (χ1) is 17.5. The van der Waals surface area contributed by atoms with Gasteiger partial charge in [-0.25, -0.2) is 4.39 Å². The molecule has 2 aliphatic heterocycles. The van der Waals surface area contributed by atoms with E-state index in [1.807, 2.05) is 12.1 Å². The largest absolute Gasteiger partial charge is 0.497 e. The Morgan fingerprint density at radius 1 is 1.14 bits per heavy atom. The summed E-state index contributed by atoms with van der Waals surface area (Å²) >= 11 is 0. The first-order valence-corrected chi connectivity index (χ1v) is 12.3. The highest BCUT2D eigenvalue weighted by Gasteiger charge is 2.54. The van der Waals surface area contributed by atoms with Crippen molar-refractivity contribution in [3.8, 4) is 16.9 Å². The Hall–Kier alpha value is -2.69. The molecule has 0 aliphatic carbocycles. The van der Waals surface area contributed by atoms with E-state index in [-0.39, 0.29) is 31.1 Å². The smallest absolute Gasteiger partial charge is 0.407 e. The number of likely N-dealkylation sites (tertiary alicyclic amines) is 1. The highest BCUT2D eigenvalue weighted by molar-refractivity contribution is 5.83. The van der Waals surface area contributed by atoms with Crippen molar-refractivity contribution in [2.45, 2.75) is 62.9 Å². The Balaban J connectivity index is 1.58. The molecule has 6 atom stereocenters. The second-order valence-electron chi connectivity index (χ2n) is 10.0. The van der Waals surface area contributed by atoms with Crippen molar-refractivity contribution in [3.05, 3.63) is 54.1 Å². The molecule has 2 aliphatic rings. The SMILES string of the molecule is COc1ccc(-c2ccc([C@H](N[C@@H](CC(C)C)C(=O)N3C[C@H](F)[C@H]4OC[C@H](O)[C@H]43)C(F)(F)F)cc2)cc1. The van der Waals surface area contributed by atoms with Gasteiger partial charge in [0.05, 0.1) is 32.3 Å². The molecule has 2 aromatic carbocycles. The Labute approximate surface area is 213 Å². The van der Waals surface area contributed by atoms with Gasteiger partial charge < -0.3 is 19.5 Å². The number of carbonyl (C=O) groups excluding carboxylic acids is 1. The third-order valence-corrected chi connectivity index (χ3v) is 6.93. The zero-order valence-corrected chi connectivity index (χ0v) is 20.9. The van der Waals surface area contributed by atoms with Crippen LogP contribution in [0.15, 0.2) is 48.5 Å². The molecule has 0 aromatic heterocycles. The molecular weight excluding hydrogens is 492 g/mol. The van der Waals surface area contributed by atoms with E-state index >= 15 is 0 Å². The van der Waals surface area contributed by atoms with Crippen LogP contribution in [0.4, 0.5) is 17.6 Å². The number of fused-ring (bicyclic) bond motifs is 1. The van der Waals surface area contributed by atoms with Gasteiger partial charge in [0.25, 0.3) is 0 Å². The molecule has 2 aromatic rings. The van der Waals surface area contributed by atoms with Gasteiger partial charge in [0.1, 0.15) is 30.2 Å². The number of aliphatic hydroxyl groups excluding tert-OH is 1. The molecule has 0 unspecified atom stereocenters. The second-order valence-corrected chi connectivity index (χ2v) is 10.0. The van der Waals surface area contributed by atoms with Gasteiger partial charge in [-0.2, -0.15) is 13.2 Å². The van der Waals surface area contributed by atoms with Crippen molar-refractivity contribution in [1.29, 1.82) is 0 Å². The maximum Gasteiger partial charge on any atom is 0.407 e. The van der Waals surface area contributed by atoms with E-state index in [2.05, 4.69) is 5.32 Å². The molecule has 2 fully saturated rings. The molecule has 4 rings (SSSR count). The number of amides is 1. The molecule has 0 radical (unpaired) electrons. The minimum atomic E-state index is -4.69. The van der Waals surface area contributed by atoms with Crippen LogP contribution in [0.1, 0.15) is 31.9 Å². The number of alkyl halides is 4. The summed E-state index contributed by atoms with van der Waals surface area (Å²) in [6, 6.07) is 8.88. The maximum atomic E-state index is 14.5. The van der Waals surface area contributed by atoms with Crippen LogP contribution in [0.2, 0.25) is 0 Å². The number of hydrogen-bond donors (Lipinski definition) is 2. The number of benzene rings is 2. The van der Waals surface area contributed by atoms with Gasteiger partial charge in [-0.3, -0.25) is 10.1 Å². The summed E-state index contributed by atoms with van der Waals surface area (Å²) in [7, 11) is 1.55. The first-order valence-electron chi connectivity index (χ1n) is 12.3. The minimum absolute atomic E-state index is 0.0433. The van der Waals surface area contributed by atoms with Crippen LogP contribution >= 0.6 is 0 Å². The highest BCUT2D eigenvalue weighted by atomic mass is 19.4. The van der Waals surface area contributed by atoms with Gasteiger partial charge in [-0.05, 0) is 41.2 Å². The van der Waals surface area contributed by atoms with Crippen molar-refractivity contribution >= 4 is 5.91 Å². The molecule has 2 heterocycles. The lowest BCUT2D eigenvalue weighted by Crippen LogP contribution is -2.54. The van der Waals surface area contributed by atoms with Gasteiger partial charge in [0.2, 0.25) is 5.91 Å². The number of nitrogens with zero attached hydrogens (tertiary/aromatic N) is 1. The molecule has 6 nitrogen and oxygen atoms in total. The number of hydrogen-bond acceptors (Lipinski definition) is 5. The summed E-state index contributed by atoms with van der Waals surface area (Å²) in [5.74, 6) is -0.114. The third-order valence-electron chi connectivity index (χ3n) is 6.93. The van der Waals surface area contributed by atoms with Crippen LogP contribution in [0.3, 0.4) is 0 Å². The summed E-state index contributed by atoms with van der Waals surface area (Å²) in [6.07, 6.45) is -8.14. The third kappa shape index (κ3) is 5.91. The molecule has 2 saturated heterocycles. The fourth-order valence-electron chi connectivity index (χ4n) is 5.12. The van der Waals surface area contributed by atoms with Gasteiger partial charge in [0, 0.05) is 0 Å². The molecule has 10 heteroatoms. The number of rotatable bonds is 8. The van der Waals surface area contributed by atoms with E-state index in [0.717, 1.165) is 16.0 Å². The van der Waals surface area contributed by atoms with Crippen LogP contribution in [0.5, 0.6) is 5.75 Å². The van der Waals surface area contributed by atoms with Crippen molar-refractivity contribution in [1.82, 2.24) is 10.2 Å². The van der Waals surface area contributed by atoms with E-state index in [1.54, 1.807) is 45.2 Å². The van der Waals surface area contributed by atoms with E-state index in [0.29, 0.717) is 5.75 Å². The zero-order valence-electron chi connectivity index (χ0n) is 20.9. The van der Waals surface area contributed by atoms with Gasteiger partial charge in [-0.1, -0.05) is 50.2 Å². The number of ether oxygens (including phenoxy) is 2. The van der Waals surface area contributed by atoms with Crippen LogP contribution in [-0.2, 0) is 9.53 Å². The maximum absolute atomic E-state index is 14.5. The van der Waals surface area contributed by atoms with Gasteiger partial charge in [0.15, 0.2) is 0 Å². The number of aliphatic hydroxyl groups is 1. The fourth-order valence-corrected chi connectivity index (χ4v) is 5.12. The van der Waals surface area contributed by atoms with E-state index < -0.39 is 48.6 Å². The number of halogens is 4. The topological polar surface area (TPSA) is 71.0 Å². The predicted octanol–water partition coefficient (Wildman–Crippen LogP) is 4.28. The quantitative estimate of drug-likeness (QED) is 0.505. The van der Waals surface area contributed by atoms with E-state index in [1.165, 1.54) is 12.1 Å². The summed E-state index contributed by atoms with van der Waals surface area (Å²) in [5, 5.41) is 12.8. The van der Waals surface area contributed by atoms with Crippen molar-refractivity contribution < 1.29 is 36.9 Å². The molecule has 0 spiro atoms. The van der Waals surface area contributed by atoms with Crippen LogP contribution in [0, 0.1) is 5.92 Å². The molecule has 2 N–H and O–H groups in total. The van der Waals surface area contributed by atoms with Crippen molar-refractivity contribution in [2.75, 3.05) is 20.3 Å². The predicted molar refractivity (Wildman–Crippen MR) is 130 cm³/mol. The first kappa shape index (κ1) is 27.3. The average Bonchev–Trinajstić information content (AvgIpc) is 3.40. The standard InChI is InChI=1S/C27H32F4N2O4/c1-15(2)12-21(26(35)33-13-20(28)24-23(33)22(34)14-37-24)32-25(27(29,30)31)18-6-4-16(5-7-18)17-8-10-19(36-3)11-9-17/h4-11,15,20-25,32,34H,12-14H2,1-3H3/t20-,21-,22-,23+,24+,25-/m0/s1. The van der Waals surface area contributed by atoms with Crippen LogP contribution in [-0.4, -0.2) is 72.8 Å². The average molecular weight is 525 g/mol. The van der Waals surface area contributed by atoms with Crippen LogP contribution in [0.25, 0.3) is 11.1 Å². The fraction of sp³-hybridized carbons (Fsp3) is 0.519. The Kier molecular flexibility index (Phi) is 8.11. The Morgan fingerprint density at radius 3 is 2.27 bits per heavy atom. The second kappa shape index (κ2) is 11.0. The Morgan fingerprint density at radius 2 is 1.73 bits per heavy atom. The van der Waals surface area contributed by atoms with Gasteiger partial charge in [-0.15, -0.1) is 0 Å². The number of methoxy groups -OCH3 is 1. The van der Waals surface area contributed by atoms with Gasteiger partial charge >= 0.3 is 6.18 Å². The zero-order chi connectivity index (χ0) is 26.9. The monoisotopic (exact) mass is 524 g/mol. The highest BCUT2D eigenvalue weighted by Crippen LogP contribution is 2.36. The van der Waals surface area contributed by atoms with Crippen molar-refractivity contribution in [2.24, 2.45) is 5.92 Å². The normalized spacial score (nSPS) is 25.3. The summed E-state index contributed by atoms with van der Waals surface area (Å²) in [5.41, 5.74) is 1.51. The molecular formula is C27H32F4N2O4. The summed E-state index contributed by atoms with van der Waals surface area (Å²) < 4.78 is 67.7. The van der Waals surface area contributed by atoms with E-state index in [9.17, 15) is 27.5 Å². The molecule has 202 valence electrons. The summed E-state index contributed by atoms with van der Waals surface area (Å²) in [4.78, 5) is 14.6. The lowest BCUT2D eigenvalue weighted by Gasteiger charge is -2.33. The lowest BCUT2D eigenvalue weighted by atomic mass is 9.97.